The predicted octanol–water partition coefficient (Wildman–Crippen LogP) is 2.10. The quantitative estimate of drug-likeness (QED) is 0.501. The number of nitrogen functional groups attached to an aromatic ring is 1. The lowest BCUT2D eigenvalue weighted by Gasteiger charge is -2.09. The number of aromatic hydroxyl groups is 1. The van der Waals surface area contributed by atoms with Gasteiger partial charge in [0, 0.05) is 17.7 Å². The molecule has 0 unspecified atom stereocenters. The highest BCUT2D eigenvalue weighted by atomic mass is 16.5. The standard InChI is InChI=1S/C16H17N3O3/c17-15(18)12-6-7-13(14(20)8-12)9-19-16(21)22-10-11-4-2-1-3-5-11/h1-8,20H,9-10H2,(H3,17,18)(H,19,21). The van der Waals surface area contributed by atoms with Crippen molar-refractivity contribution in [1.29, 1.82) is 5.41 Å². The first-order valence-electron chi connectivity index (χ1n) is 6.67. The van der Waals surface area contributed by atoms with E-state index in [0.717, 1.165) is 5.56 Å². The normalized spacial score (nSPS) is 10.0. The molecule has 2 rings (SSSR count). The zero-order valence-electron chi connectivity index (χ0n) is 11.9. The van der Waals surface area contributed by atoms with Crippen LogP contribution in [0.25, 0.3) is 0 Å². The van der Waals surface area contributed by atoms with Crippen molar-refractivity contribution in [3.05, 3.63) is 65.2 Å². The molecular weight excluding hydrogens is 282 g/mol. The number of rotatable bonds is 5. The number of alkyl carbamates (subject to hydrolysis) is 1. The Labute approximate surface area is 128 Å². The molecule has 6 nitrogen and oxygen atoms in total. The zero-order valence-corrected chi connectivity index (χ0v) is 11.9. The summed E-state index contributed by atoms with van der Waals surface area (Å²) in [4.78, 5) is 11.6. The Morgan fingerprint density at radius 3 is 2.59 bits per heavy atom. The number of ether oxygens (including phenoxy) is 1. The van der Waals surface area contributed by atoms with Crippen LogP contribution in [-0.4, -0.2) is 17.0 Å². The van der Waals surface area contributed by atoms with E-state index in [9.17, 15) is 9.90 Å². The number of amidine groups is 1. The van der Waals surface area contributed by atoms with Gasteiger partial charge in [-0.3, -0.25) is 5.41 Å². The van der Waals surface area contributed by atoms with Crippen molar-refractivity contribution >= 4 is 11.9 Å². The second kappa shape index (κ2) is 7.12. The van der Waals surface area contributed by atoms with E-state index in [1.54, 1.807) is 12.1 Å². The van der Waals surface area contributed by atoms with Crippen LogP contribution in [0, 0.1) is 5.41 Å². The molecule has 0 aromatic heterocycles. The van der Waals surface area contributed by atoms with E-state index in [2.05, 4.69) is 5.32 Å². The molecule has 2 aromatic carbocycles. The summed E-state index contributed by atoms with van der Waals surface area (Å²) in [5.41, 5.74) is 7.17. The van der Waals surface area contributed by atoms with Crippen molar-refractivity contribution in [3.63, 3.8) is 0 Å². The van der Waals surface area contributed by atoms with Gasteiger partial charge in [0.25, 0.3) is 0 Å². The van der Waals surface area contributed by atoms with E-state index >= 15 is 0 Å². The Kier molecular flexibility index (Phi) is 4.98. The van der Waals surface area contributed by atoms with E-state index in [4.69, 9.17) is 15.9 Å². The third kappa shape index (κ3) is 4.24. The first kappa shape index (κ1) is 15.4. The van der Waals surface area contributed by atoms with Crippen LogP contribution < -0.4 is 11.1 Å². The molecule has 0 aliphatic heterocycles. The van der Waals surface area contributed by atoms with Gasteiger partial charge in [0.05, 0.1) is 0 Å². The van der Waals surface area contributed by atoms with Crippen LogP contribution in [0.3, 0.4) is 0 Å². The molecule has 0 atom stereocenters. The number of carbonyl (C=O) groups excluding carboxylic acids is 1. The summed E-state index contributed by atoms with van der Waals surface area (Å²) in [5, 5.41) is 19.7. The molecule has 0 aliphatic carbocycles. The van der Waals surface area contributed by atoms with Crippen molar-refractivity contribution in [1.82, 2.24) is 5.32 Å². The van der Waals surface area contributed by atoms with Crippen molar-refractivity contribution < 1.29 is 14.6 Å². The molecule has 0 radical (unpaired) electrons. The van der Waals surface area contributed by atoms with E-state index < -0.39 is 6.09 Å². The molecule has 0 bridgehead atoms. The summed E-state index contributed by atoms with van der Waals surface area (Å²) in [6.45, 7) is 0.305. The Balaban J connectivity index is 1.85. The molecule has 6 heteroatoms. The first-order chi connectivity index (χ1) is 10.6. The summed E-state index contributed by atoms with van der Waals surface area (Å²) in [6, 6.07) is 13.9. The lowest BCUT2D eigenvalue weighted by Crippen LogP contribution is -2.23. The van der Waals surface area contributed by atoms with Crippen LogP contribution in [0.15, 0.2) is 48.5 Å². The van der Waals surface area contributed by atoms with Gasteiger partial charge in [-0.2, -0.15) is 0 Å². The topological polar surface area (TPSA) is 108 Å². The van der Waals surface area contributed by atoms with E-state index in [1.807, 2.05) is 30.3 Å². The number of benzene rings is 2. The maximum Gasteiger partial charge on any atom is 0.407 e. The highest BCUT2D eigenvalue weighted by molar-refractivity contribution is 5.95. The van der Waals surface area contributed by atoms with Gasteiger partial charge in [0.2, 0.25) is 0 Å². The van der Waals surface area contributed by atoms with Crippen LogP contribution in [0.4, 0.5) is 4.79 Å². The molecule has 22 heavy (non-hydrogen) atoms. The van der Waals surface area contributed by atoms with Crippen LogP contribution in [0.2, 0.25) is 0 Å². The minimum absolute atomic E-state index is 0.0314. The SMILES string of the molecule is N=C(N)c1ccc(CNC(=O)OCc2ccccc2)c(O)c1. The molecule has 0 spiro atoms. The second-order valence-electron chi connectivity index (χ2n) is 4.67. The number of hydrogen-bond acceptors (Lipinski definition) is 4. The van der Waals surface area contributed by atoms with E-state index in [1.165, 1.54) is 6.07 Å². The number of carbonyl (C=O) groups is 1. The molecule has 0 heterocycles. The molecule has 0 saturated heterocycles. The summed E-state index contributed by atoms with van der Waals surface area (Å²) in [7, 11) is 0. The van der Waals surface area contributed by atoms with Crippen molar-refractivity contribution in [3.8, 4) is 5.75 Å². The second-order valence-corrected chi connectivity index (χ2v) is 4.67. The molecular formula is C16H17N3O3. The van der Waals surface area contributed by atoms with Crippen LogP contribution in [-0.2, 0) is 17.9 Å². The first-order valence-corrected chi connectivity index (χ1v) is 6.67. The molecule has 5 N–H and O–H groups in total. The fraction of sp³-hybridized carbons (Fsp3) is 0.125. The molecule has 0 fully saturated rings. The minimum atomic E-state index is -0.570. The average molecular weight is 299 g/mol. The minimum Gasteiger partial charge on any atom is -0.508 e. The number of amides is 1. The zero-order chi connectivity index (χ0) is 15.9. The summed E-state index contributed by atoms with van der Waals surface area (Å²) in [6.07, 6.45) is -0.570. The highest BCUT2D eigenvalue weighted by Gasteiger charge is 2.07. The maximum absolute atomic E-state index is 11.6. The lowest BCUT2D eigenvalue weighted by atomic mass is 10.1. The monoisotopic (exact) mass is 299 g/mol. The van der Waals surface area contributed by atoms with E-state index in [0.29, 0.717) is 11.1 Å². The fourth-order valence-electron chi connectivity index (χ4n) is 1.82. The Morgan fingerprint density at radius 1 is 1.23 bits per heavy atom. The summed E-state index contributed by atoms with van der Waals surface area (Å²) >= 11 is 0. The van der Waals surface area contributed by atoms with Gasteiger partial charge >= 0.3 is 6.09 Å². The van der Waals surface area contributed by atoms with Crippen molar-refractivity contribution in [2.45, 2.75) is 13.2 Å². The van der Waals surface area contributed by atoms with Crippen molar-refractivity contribution in [2.75, 3.05) is 0 Å². The van der Waals surface area contributed by atoms with Gasteiger partial charge in [-0.05, 0) is 11.6 Å². The molecule has 1 amide bonds. The van der Waals surface area contributed by atoms with E-state index in [-0.39, 0.29) is 24.7 Å². The molecule has 114 valence electrons. The fourth-order valence-corrected chi connectivity index (χ4v) is 1.82. The number of nitrogens with two attached hydrogens (primary N) is 1. The smallest absolute Gasteiger partial charge is 0.407 e. The highest BCUT2D eigenvalue weighted by Crippen LogP contribution is 2.18. The summed E-state index contributed by atoms with van der Waals surface area (Å²) < 4.78 is 5.07. The van der Waals surface area contributed by atoms with Gasteiger partial charge in [-0.1, -0.05) is 42.5 Å². The predicted molar refractivity (Wildman–Crippen MR) is 82.6 cm³/mol. The van der Waals surface area contributed by atoms with Gasteiger partial charge < -0.3 is 20.9 Å². The molecule has 2 aromatic rings. The number of phenols is 1. The Bertz CT molecular complexity index is 672. The van der Waals surface area contributed by atoms with Crippen molar-refractivity contribution in [2.24, 2.45) is 5.73 Å². The Morgan fingerprint density at radius 2 is 1.95 bits per heavy atom. The van der Waals surface area contributed by atoms with Gasteiger partial charge in [0.15, 0.2) is 0 Å². The average Bonchev–Trinajstić information content (AvgIpc) is 2.52. The summed E-state index contributed by atoms with van der Waals surface area (Å²) in [5.74, 6) is -0.159. The molecule has 0 saturated carbocycles. The number of hydrogen-bond donors (Lipinski definition) is 4. The van der Waals surface area contributed by atoms with Crippen LogP contribution in [0.5, 0.6) is 5.75 Å². The van der Waals surface area contributed by atoms with Gasteiger partial charge in [0.1, 0.15) is 18.2 Å². The maximum atomic E-state index is 11.6. The number of phenolic OH excluding ortho intramolecular Hbond substituents is 1. The lowest BCUT2D eigenvalue weighted by molar-refractivity contribution is 0.139. The van der Waals surface area contributed by atoms with Crippen LogP contribution >= 0.6 is 0 Å². The third-order valence-corrected chi connectivity index (χ3v) is 3.03. The number of nitrogens with one attached hydrogen (secondary N) is 2. The Hall–Kier alpha value is -3.02. The molecule has 0 aliphatic rings. The van der Waals surface area contributed by atoms with Crippen LogP contribution in [0.1, 0.15) is 16.7 Å². The third-order valence-electron chi connectivity index (χ3n) is 3.03. The largest absolute Gasteiger partial charge is 0.508 e. The van der Waals surface area contributed by atoms with Gasteiger partial charge in [-0.25, -0.2) is 4.79 Å². The van der Waals surface area contributed by atoms with Gasteiger partial charge in [-0.15, -0.1) is 0 Å².